The molecule has 0 saturated carbocycles. The predicted octanol–water partition coefficient (Wildman–Crippen LogP) is 15.4. The van der Waals surface area contributed by atoms with E-state index in [2.05, 4.69) is 106 Å². The molecule has 0 N–H and O–H groups in total. The molecule has 0 amide bonds. The molecule has 0 aliphatic heterocycles. The first-order valence-electron chi connectivity index (χ1n) is 20.1. The van der Waals surface area contributed by atoms with Gasteiger partial charge in [0, 0.05) is 22.3 Å². The fraction of sp³-hybridized carbons (Fsp3) is 0.636. The summed E-state index contributed by atoms with van der Waals surface area (Å²) < 4.78 is 45.1. The number of rotatable bonds is 24. The maximum Gasteiger partial charge on any atom is 0.268 e. The molecule has 0 rings (SSSR count). The van der Waals surface area contributed by atoms with Crippen LogP contribution >= 0.6 is 0 Å². The van der Waals surface area contributed by atoms with Crippen molar-refractivity contribution in [2.75, 3.05) is 13.2 Å². The molecule has 0 heterocycles. The number of unbranched alkanes of at least 4 members (excludes halogenated alkanes) is 1. The van der Waals surface area contributed by atoms with Gasteiger partial charge in [0.15, 0.2) is 0 Å². The maximum absolute atomic E-state index is 6.11. The Bertz CT molecular complexity index is 1220. The van der Waals surface area contributed by atoms with E-state index in [1.807, 2.05) is 67.5 Å². The van der Waals surface area contributed by atoms with E-state index in [0.29, 0.717) is 31.0 Å². The molecule has 0 aromatic carbocycles. The van der Waals surface area contributed by atoms with E-state index >= 15 is 0 Å². The monoisotopic (exact) mass is 857 g/mol. The molecular weight excluding hydrogens is 769 g/mol. The van der Waals surface area contributed by atoms with E-state index < -0.39 is 33.3 Å². The molecule has 0 atom stereocenters. The Kier molecular flexibility index (Phi) is 34.4. The highest BCUT2D eigenvalue weighted by Gasteiger charge is 2.32. The summed E-state index contributed by atoms with van der Waals surface area (Å²) in [5.74, 6) is 2.68. The van der Waals surface area contributed by atoms with Crippen molar-refractivity contribution in [3.63, 3.8) is 0 Å². The van der Waals surface area contributed by atoms with Crippen LogP contribution in [0.15, 0.2) is 97.1 Å². The van der Waals surface area contributed by atoms with E-state index in [4.69, 9.17) is 36.7 Å². The highest BCUT2D eigenvalue weighted by molar-refractivity contribution is 6.73. The minimum atomic E-state index is -1.61. The lowest BCUT2D eigenvalue weighted by Gasteiger charge is -2.29. The van der Waals surface area contributed by atoms with Crippen LogP contribution in [-0.4, -0.2) is 46.5 Å². The van der Waals surface area contributed by atoms with Crippen LogP contribution in [0.3, 0.4) is 0 Å². The number of hydrogen-bond donors (Lipinski definition) is 0. The summed E-state index contributed by atoms with van der Waals surface area (Å²) in [6.45, 7) is 57.6. The second-order valence-electron chi connectivity index (χ2n) is 16.9. The summed E-state index contributed by atoms with van der Waals surface area (Å²) >= 11 is 0. The second kappa shape index (κ2) is 32.2. The summed E-state index contributed by atoms with van der Waals surface area (Å²) in [7, 11) is -6.27. The fourth-order valence-corrected chi connectivity index (χ4v) is 8.84. The van der Waals surface area contributed by atoms with Crippen LogP contribution < -0.4 is 0 Å². The fourth-order valence-electron chi connectivity index (χ4n) is 3.82. The normalized spacial score (nSPS) is 10.6. The van der Waals surface area contributed by atoms with Gasteiger partial charge in [-0.3, -0.25) is 0 Å². The van der Waals surface area contributed by atoms with Crippen LogP contribution in [0.5, 0.6) is 0 Å². The first-order valence-corrected chi connectivity index (χ1v) is 32.9. The minimum Gasteiger partial charge on any atom is -0.520 e. The van der Waals surface area contributed by atoms with Gasteiger partial charge in [-0.1, -0.05) is 46.1 Å². The Labute approximate surface area is 351 Å². The second-order valence-corrected chi connectivity index (χ2v) is 34.9. The van der Waals surface area contributed by atoms with Crippen molar-refractivity contribution in [3.05, 3.63) is 97.1 Å². The third-order valence-electron chi connectivity index (χ3n) is 6.79. The molecule has 12 heteroatoms. The van der Waals surface area contributed by atoms with Crippen LogP contribution in [0.4, 0.5) is 0 Å². The Morgan fingerprint density at radius 1 is 0.429 bits per heavy atom. The number of hydrogen-bond acceptors (Lipinski definition) is 8. The van der Waals surface area contributed by atoms with Crippen molar-refractivity contribution in [3.8, 4) is 0 Å². The maximum atomic E-state index is 6.11. The van der Waals surface area contributed by atoms with Gasteiger partial charge < -0.3 is 36.7 Å². The smallest absolute Gasteiger partial charge is 0.268 e. The van der Waals surface area contributed by atoms with Crippen molar-refractivity contribution in [2.24, 2.45) is 0 Å². The van der Waals surface area contributed by atoms with Crippen LogP contribution in [0.25, 0.3) is 0 Å². The van der Waals surface area contributed by atoms with Crippen molar-refractivity contribution < 1.29 is 36.7 Å². The van der Waals surface area contributed by atoms with Gasteiger partial charge in [-0.05, 0) is 152 Å². The van der Waals surface area contributed by atoms with Crippen LogP contribution in [-0.2, 0) is 36.7 Å². The van der Waals surface area contributed by atoms with E-state index in [0.717, 1.165) is 65.6 Å². The molecule has 0 radical (unpaired) electrons. The van der Waals surface area contributed by atoms with Gasteiger partial charge in [-0.25, -0.2) is 0 Å². The average Bonchev–Trinajstić information content (AvgIpc) is 3.06. The van der Waals surface area contributed by atoms with Crippen molar-refractivity contribution in [1.29, 1.82) is 0 Å². The Morgan fingerprint density at radius 3 is 1.00 bits per heavy atom. The Balaban J connectivity index is -0.000000323. The van der Waals surface area contributed by atoms with Gasteiger partial charge >= 0.3 is 0 Å². The third kappa shape index (κ3) is 36.8. The van der Waals surface area contributed by atoms with Crippen molar-refractivity contribution in [2.45, 2.75) is 172 Å². The zero-order valence-electron chi connectivity index (χ0n) is 40.1. The summed E-state index contributed by atoms with van der Waals surface area (Å²) in [5.41, 5.74) is 4.31. The standard InChI is InChI=1S/2C12H24O2Si.C11H22O2Si.C9H18O2Si/c1-7-8-9-10-13-12(11(2)3)14-15(4,5)6;1-7-13-12(11(5)6)14-15(8-2,9-3)10-4;1-7-8-9-12-11(10(2)3)13-14(4,5)6;1-7-10-9(8(2)3)11-12(4,5)6/h2*7H,1,8-10H2,2-6H3;7H,1,8-9H2,2-6H3;7H,1H2,2-6H3. The van der Waals surface area contributed by atoms with Crippen LogP contribution in [0, 0.1) is 0 Å². The Morgan fingerprint density at radius 2 is 0.732 bits per heavy atom. The number of allylic oxidation sites excluding steroid dienone is 5. The molecule has 0 aliphatic carbocycles. The first kappa shape index (κ1) is 59.9. The molecule has 0 aromatic rings. The largest absolute Gasteiger partial charge is 0.520 e. The molecule has 0 unspecified atom stereocenters. The summed E-state index contributed by atoms with van der Waals surface area (Å²) in [5, 5.41) is 0. The lowest BCUT2D eigenvalue weighted by molar-refractivity contribution is 0.0973. The lowest BCUT2D eigenvalue weighted by Crippen LogP contribution is -2.35. The highest BCUT2D eigenvalue weighted by atomic mass is 28.4. The lowest BCUT2D eigenvalue weighted by atomic mass is 10.3. The van der Waals surface area contributed by atoms with Crippen molar-refractivity contribution in [1.82, 2.24) is 0 Å². The predicted molar refractivity (Wildman–Crippen MR) is 254 cm³/mol. The molecule has 56 heavy (non-hydrogen) atoms. The summed E-state index contributed by atoms with van der Waals surface area (Å²) in [6.07, 6.45) is 9.41. The van der Waals surface area contributed by atoms with E-state index in [1.165, 1.54) is 12.5 Å². The van der Waals surface area contributed by atoms with Gasteiger partial charge in [0.1, 0.15) is 0 Å². The zero-order valence-corrected chi connectivity index (χ0v) is 44.1. The van der Waals surface area contributed by atoms with Crippen LogP contribution in [0.1, 0.15) is 95.4 Å². The van der Waals surface area contributed by atoms with Gasteiger partial charge in [-0.15, -0.1) is 13.2 Å². The molecule has 0 aliphatic rings. The molecular formula is C44H88O8Si4. The van der Waals surface area contributed by atoms with Crippen molar-refractivity contribution >= 4 is 33.3 Å². The molecule has 328 valence electrons. The van der Waals surface area contributed by atoms with E-state index in [9.17, 15) is 0 Å². The average molecular weight is 858 g/mol. The summed E-state index contributed by atoms with van der Waals surface area (Å²) in [6, 6.07) is 3.37. The van der Waals surface area contributed by atoms with E-state index in [-0.39, 0.29) is 0 Å². The third-order valence-corrected chi connectivity index (χ3v) is 13.7. The van der Waals surface area contributed by atoms with E-state index in [1.54, 1.807) is 0 Å². The van der Waals surface area contributed by atoms with Gasteiger partial charge in [0.2, 0.25) is 25.0 Å². The molecule has 0 bridgehead atoms. The minimum absolute atomic E-state index is 0.601. The highest BCUT2D eigenvalue weighted by Crippen LogP contribution is 2.26. The molecule has 0 aromatic heterocycles. The van der Waals surface area contributed by atoms with Gasteiger partial charge in [0.05, 0.1) is 25.7 Å². The molecule has 0 spiro atoms. The summed E-state index contributed by atoms with van der Waals surface area (Å²) in [4.78, 5) is 0. The van der Waals surface area contributed by atoms with Gasteiger partial charge in [0.25, 0.3) is 32.1 Å². The zero-order chi connectivity index (χ0) is 44.8. The molecule has 0 saturated heterocycles. The SMILES string of the molecule is C=CCCCOC(O[Si](C)(C)C)=C(C)C.C=CCCOC(O[Si](C)(C)C)=C(C)C.C=COC(O[Si](C)(C)C)=C(C)C.C=COC(O[Si](CC)(CC)CC)=C(C)C. The topological polar surface area (TPSA) is 73.8 Å². The van der Waals surface area contributed by atoms with Crippen LogP contribution in [0.2, 0.25) is 77.1 Å². The first-order chi connectivity index (χ1) is 25.6. The molecule has 0 fully saturated rings. The quantitative estimate of drug-likeness (QED) is 0.0411. The van der Waals surface area contributed by atoms with Gasteiger partial charge in [-0.2, -0.15) is 0 Å². The molecule has 8 nitrogen and oxygen atoms in total. The Hall–Kier alpha value is -2.81. The number of ether oxygens (including phenoxy) is 4.